The maximum absolute atomic E-state index is 13.3. The third-order valence-electron chi connectivity index (χ3n) is 5.76. The summed E-state index contributed by atoms with van der Waals surface area (Å²) in [6.07, 6.45) is 1.56. The highest BCUT2D eigenvalue weighted by Crippen LogP contribution is 2.27. The zero-order valence-corrected chi connectivity index (χ0v) is 17.9. The molecule has 0 aliphatic carbocycles. The van der Waals surface area contributed by atoms with Crippen molar-refractivity contribution >= 4 is 21.6 Å². The number of benzene rings is 1. The van der Waals surface area contributed by atoms with E-state index in [4.69, 9.17) is 0 Å². The van der Waals surface area contributed by atoms with Gasteiger partial charge in [0.05, 0.1) is 5.56 Å². The Morgan fingerprint density at radius 1 is 1.07 bits per heavy atom. The Balaban J connectivity index is 1.56. The molecule has 2 aliphatic heterocycles. The molecule has 8 nitrogen and oxygen atoms in total. The van der Waals surface area contributed by atoms with Gasteiger partial charge in [0.25, 0.3) is 15.9 Å². The van der Waals surface area contributed by atoms with Gasteiger partial charge in [-0.1, -0.05) is 12.1 Å². The van der Waals surface area contributed by atoms with Crippen LogP contribution in [0.5, 0.6) is 0 Å². The van der Waals surface area contributed by atoms with Gasteiger partial charge >= 0.3 is 0 Å². The molecule has 29 heavy (non-hydrogen) atoms. The number of rotatable bonds is 5. The van der Waals surface area contributed by atoms with Gasteiger partial charge in [0.2, 0.25) is 5.03 Å². The van der Waals surface area contributed by atoms with Gasteiger partial charge in [0.15, 0.2) is 0 Å². The number of amides is 1. The minimum atomic E-state index is -3.83. The molecule has 0 N–H and O–H groups in total. The van der Waals surface area contributed by atoms with Gasteiger partial charge in [0, 0.05) is 57.7 Å². The van der Waals surface area contributed by atoms with Crippen LogP contribution in [0.15, 0.2) is 29.4 Å². The topological polar surface area (TPSA) is 78.5 Å². The standard InChI is InChI=1S/C20H27N5O3S/c1-4-24-14-17(20(26)23-8-9-23)19(21-24)29(27,28)25-12-10-22(11-13-25)18-7-5-6-15(2)16(18)3/h5-7,14H,4,8-13H2,1-3H3. The highest BCUT2D eigenvalue weighted by molar-refractivity contribution is 7.89. The average Bonchev–Trinajstić information content (AvgIpc) is 3.47. The summed E-state index contributed by atoms with van der Waals surface area (Å²) in [5, 5.41) is 4.12. The molecule has 0 saturated carbocycles. The molecule has 1 amide bonds. The SMILES string of the molecule is CCn1cc(C(=O)N2CC2)c(S(=O)(=O)N2CCN(c3cccc(C)c3C)CC2)n1. The molecule has 2 fully saturated rings. The molecular formula is C20H27N5O3S. The molecule has 1 aromatic carbocycles. The van der Waals surface area contributed by atoms with Gasteiger partial charge in [-0.15, -0.1) is 0 Å². The summed E-state index contributed by atoms with van der Waals surface area (Å²) in [5.41, 5.74) is 3.77. The van der Waals surface area contributed by atoms with Crippen molar-refractivity contribution in [3.8, 4) is 0 Å². The minimum Gasteiger partial charge on any atom is -0.369 e. The molecule has 0 bridgehead atoms. The Morgan fingerprint density at radius 2 is 1.76 bits per heavy atom. The normalized spacial score (nSPS) is 17.6. The van der Waals surface area contributed by atoms with E-state index >= 15 is 0 Å². The maximum Gasteiger partial charge on any atom is 0.263 e. The number of hydrogen-bond donors (Lipinski definition) is 0. The number of carbonyl (C=O) groups is 1. The zero-order chi connectivity index (χ0) is 20.8. The average molecular weight is 418 g/mol. The Bertz CT molecular complexity index is 1030. The van der Waals surface area contributed by atoms with Crippen LogP contribution < -0.4 is 4.90 Å². The summed E-state index contributed by atoms with van der Waals surface area (Å²) in [6, 6.07) is 6.19. The lowest BCUT2D eigenvalue weighted by atomic mass is 10.1. The van der Waals surface area contributed by atoms with Crippen molar-refractivity contribution in [1.29, 1.82) is 0 Å². The summed E-state index contributed by atoms with van der Waals surface area (Å²) in [4.78, 5) is 16.4. The van der Waals surface area contributed by atoms with Crippen LogP contribution in [0.2, 0.25) is 0 Å². The second-order valence-electron chi connectivity index (χ2n) is 7.61. The zero-order valence-electron chi connectivity index (χ0n) is 17.1. The number of piperazine rings is 1. The van der Waals surface area contributed by atoms with Crippen LogP contribution in [0.3, 0.4) is 0 Å². The van der Waals surface area contributed by atoms with Gasteiger partial charge in [0.1, 0.15) is 0 Å². The molecule has 0 spiro atoms. The Labute approximate surface area is 171 Å². The molecule has 3 heterocycles. The summed E-state index contributed by atoms with van der Waals surface area (Å²) in [6.45, 7) is 9.84. The fourth-order valence-corrected chi connectivity index (χ4v) is 5.21. The number of carbonyl (C=O) groups excluding carboxylic acids is 1. The molecule has 2 saturated heterocycles. The van der Waals surface area contributed by atoms with Gasteiger partial charge < -0.3 is 9.80 Å². The van der Waals surface area contributed by atoms with Gasteiger partial charge in [-0.05, 0) is 38.0 Å². The van der Waals surface area contributed by atoms with Crippen LogP contribution in [0.1, 0.15) is 28.4 Å². The molecule has 0 atom stereocenters. The van der Waals surface area contributed by atoms with Crippen LogP contribution >= 0.6 is 0 Å². The number of anilines is 1. The van der Waals surface area contributed by atoms with Crippen molar-refractivity contribution in [1.82, 2.24) is 19.0 Å². The number of aryl methyl sites for hydroxylation is 2. The Morgan fingerprint density at radius 3 is 2.38 bits per heavy atom. The molecule has 0 unspecified atom stereocenters. The van der Waals surface area contributed by atoms with Crippen LogP contribution in [0.4, 0.5) is 5.69 Å². The van der Waals surface area contributed by atoms with Crippen molar-refractivity contribution in [2.45, 2.75) is 32.3 Å². The molecular weight excluding hydrogens is 390 g/mol. The third-order valence-corrected chi connectivity index (χ3v) is 7.59. The first-order valence-corrected chi connectivity index (χ1v) is 11.4. The smallest absolute Gasteiger partial charge is 0.263 e. The van der Waals surface area contributed by atoms with E-state index in [1.54, 1.807) is 11.1 Å². The van der Waals surface area contributed by atoms with Crippen LogP contribution in [-0.2, 0) is 16.6 Å². The van der Waals surface area contributed by atoms with E-state index in [0.717, 1.165) is 5.69 Å². The second kappa shape index (κ2) is 7.46. The van der Waals surface area contributed by atoms with E-state index in [0.29, 0.717) is 45.8 Å². The minimum absolute atomic E-state index is 0.114. The van der Waals surface area contributed by atoms with Gasteiger partial charge in [-0.2, -0.15) is 9.40 Å². The number of sulfonamides is 1. The summed E-state index contributed by atoms with van der Waals surface area (Å²) >= 11 is 0. The van der Waals surface area contributed by atoms with Crippen LogP contribution in [-0.4, -0.2) is 72.6 Å². The Kier molecular flexibility index (Phi) is 5.12. The van der Waals surface area contributed by atoms with Crippen molar-refractivity contribution < 1.29 is 13.2 Å². The highest BCUT2D eigenvalue weighted by atomic mass is 32.2. The van der Waals surface area contributed by atoms with E-state index in [9.17, 15) is 13.2 Å². The molecule has 9 heteroatoms. The fraction of sp³-hybridized carbons (Fsp3) is 0.500. The lowest BCUT2D eigenvalue weighted by Crippen LogP contribution is -2.49. The van der Waals surface area contributed by atoms with E-state index < -0.39 is 10.0 Å². The molecule has 2 aliphatic rings. The predicted molar refractivity (Wildman–Crippen MR) is 111 cm³/mol. The molecule has 156 valence electrons. The first-order valence-electron chi connectivity index (χ1n) is 10.0. The van der Waals surface area contributed by atoms with Crippen molar-refractivity contribution in [2.75, 3.05) is 44.2 Å². The van der Waals surface area contributed by atoms with Crippen molar-refractivity contribution in [3.05, 3.63) is 41.1 Å². The monoisotopic (exact) mass is 417 g/mol. The van der Waals surface area contributed by atoms with Crippen molar-refractivity contribution in [3.63, 3.8) is 0 Å². The highest BCUT2D eigenvalue weighted by Gasteiger charge is 2.37. The Hall–Kier alpha value is -2.39. The summed E-state index contributed by atoms with van der Waals surface area (Å²) < 4.78 is 29.6. The molecule has 4 rings (SSSR count). The number of nitrogens with zero attached hydrogens (tertiary/aromatic N) is 5. The van der Waals surface area contributed by atoms with Gasteiger partial charge in [-0.25, -0.2) is 8.42 Å². The first kappa shape index (κ1) is 19.9. The van der Waals surface area contributed by atoms with E-state index in [-0.39, 0.29) is 16.5 Å². The van der Waals surface area contributed by atoms with E-state index in [2.05, 4.69) is 36.0 Å². The first-order chi connectivity index (χ1) is 13.8. The van der Waals surface area contributed by atoms with Crippen LogP contribution in [0.25, 0.3) is 0 Å². The third kappa shape index (κ3) is 3.64. The fourth-order valence-electron chi connectivity index (χ4n) is 3.70. The summed E-state index contributed by atoms with van der Waals surface area (Å²) in [5.74, 6) is -0.253. The quantitative estimate of drug-likeness (QED) is 0.689. The molecule has 1 aromatic heterocycles. The molecule has 0 radical (unpaired) electrons. The summed E-state index contributed by atoms with van der Waals surface area (Å²) in [7, 11) is -3.83. The second-order valence-corrected chi connectivity index (χ2v) is 9.46. The number of aromatic nitrogens is 2. The van der Waals surface area contributed by atoms with Crippen molar-refractivity contribution in [2.24, 2.45) is 0 Å². The van der Waals surface area contributed by atoms with Gasteiger partial charge in [-0.3, -0.25) is 9.48 Å². The molecule has 2 aromatic rings. The number of hydrogen-bond acceptors (Lipinski definition) is 5. The maximum atomic E-state index is 13.3. The lowest BCUT2D eigenvalue weighted by molar-refractivity contribution is 0.0881. The lowest BCUT2D eigenvalue weighted by Gasteiger charge is -2.36. The van der Waals surface area contributed by atoms with E-state index in [1.165, 1.54) is 20.1 Å². The van der Waals surface area contributed by atoms with Crippen LogP contribution in [0, 0.1) is 13.8 Å². The van der Waals surface area contributed by atoms with E-state index in [1.807, 2.05) is 13.0 Å². The predicted octanol–water partition coefficient (Wildman–Crippen LogP) is 1.49. The largest absolute Gasteiger partial charge is 0.369 e.